The highest BCUT2D eigenvalue weighted by molar-refractivity contribution is 5.98. The summed E-state index contributed by atoms with van der Waals surface area (Å²) in [6.45, 7) is -1.62. The number of carbonyl (C=O) groups excluding carboxylic acids is 2. The molecule has 0 aliphatic carbocycles. The van der Waals surface area contributed by atoms with Crippen molar-refractivity contribution in [1.82, 2.24) is 14.8 Å². The molecule has 13 heteroatoms. The number of carbonyl (C=O) groups is 3. The van der Waals surface area contributed by atoms with Gasteiger partial charge in [-0.2, -0.15) is 13.2 Å². The van der Waals surface area contributed by atoms with E-state index in [0.717, 1.165) is 16.7 Å². The largest absolute Gasteiger partial charge is 0.506 e. The van der Waals surface area contributed by atoms with Crippen molar-refractivity contribution in [2.75, 3.05) is 20.3 Å². The zero-order chi connectivity index (χ0) is 25.2. The topological polar surface area (TPSA) is 138 Å². The molecule has 3 rings (SSSR count). The predicted octanol–water partition coefficient (Wildman–Crippen LogP) is 0.924. The lowest BCUT2D eigenvalue weighted by molar-refractivity contribution is -0.138. The number of pyridine rings is 1. The predicted molar refractivity (Wildman–Crippen MR) is 109 cm³/mol. The second kappa shape index (κ2) is 9.55. The van der Waals surface area contributed by atoms with Gasteiger partial charge in [-0.15, -0.1) is 0 Å². The van der Waals surface area contributed by atoms with E-state index in [1.165, 1.54) is 24.1 Å². The molecule has 34 heavy (non-hydrogen) atoms. The van der Waals surface area contributed by atoms with Gasteiger partial charge in [0.05, 0.1) is 25.2 Å². The van der Waals surface area contributed by atoms with Gasteiger partial charge in [0, 0.05) is 18.4 Å². The van der Waals surface area contributed by atoms with E-state index in [9.17, 15) is 37.5 Å². The van der Waals surface area contributed by atoms with Crippen molar-refractivity contribution in [2.45, 2.75) is 25.8 Å². The van der Waals surface area contributed by atoms with Crippen LogP contribution in [0.4, 0.5) is 13.2 Å². The summed E-state index contributed by atoms with van der Waals surface area (Å²) in [5.41, 5.74) is -2.02. The summed E-state index contributed by atoms with van der Waals surface area (Å²) in [4.78, 5) is 50.0. The van der Waals surface area contributed by atoms with Crippen LogP contribution in [-0.2, 0) is 40.1 Å². The molecule has 0 saturated heterocycles. The number of carboxylic acids is 1. The number of ether oxygens (including phenoxy) is 1. The standard InChI is InChI=1S/C21H20F3N3O7/c1-34-10-15(28)26-8-13-14(9-26)27(7-11-2-4-12(5-3-11)21(22,23)24)20(33)17(18(13)31)19(32)25-6-16(29)30/h2-5,31H,6-10H2,1H3,(H,25,32)(H,29,30). The van der Waals surface area contributed by atoms with E-state index in [0.29, 0.717) is 5.56 Å². The fraction of sp³-hybridized carbons (Fsp3) is 0.333. The Morgan fingerprint density at radius 2 is 1.79 bits per heavy atom. The van der Waals surface area contributed by atoms with Gasteiger partial charge in [0.1, 0.15) is 24.5 Å². The van der Waals surface area contributed by atoms with Crippen LogP contribution in [0.15, 0.2) is 29.1 Å². The molecule has 0 bridgehead atoms. The summed E-state index contributed by atoms with van der Waals surface area (Å²) in [5, 5.41) is 21.4. The van der Waals surface area contributed by atoms with E-state index in [2.05, 4.69) is 0 Å². The maximum absolute atomic E-state index is 13.2. The van der Waals surface area contributed by atoms with Crippen molar-refractivity contribution in [2.24, 2.45) is 0 Å². The van der Waals surface area contributed by atoms with Gasteiger partial charge in [0.2, 0.25) is 5.91 Å². The molecule has 2 heterocycles. The fourth-order valence-electron chi connectivity index (χ4n) is 3.57. The first-order valence-electron chi connectivity index (χ1n) is 9.84. The van der Waals surface area contributed by atoms with Crippen LogP contribution < -0.4 is 10.9 Å². The Hall–Kier alpha value is -3.87. The quantitative estimate of drug-likeness (QED) is 0.533. The Morgan fingerprint density at radius 3 is 2.35 bits per heavy atom. The molecule has 1 aromatic heterocycles. The Morgan fingerprint density at radius 1 is 1.15 bits per heavy atom. The number of halogens is 3. The van der Waals surface area contributed by atoms with Gasteiger partial charge in [0.15, 0.2) is 0 Å². The summed E-state index contributed by atoms with van der Waals surface area (Å²) in [7, 11) is 1.31. The third kappa shape index (κ3) is 5.03. The number of carboxylic acid groups (broad SMARTS) is 1. The van der Waals surface area contributed by atoms with Crippen LogP contribution in [0.2, 0.25) is 0 Å². The van der Waals surface area contributed by atoms with E-state index < -0.39 is 52.9 Å². The molecular weight excluding hydrogens is 463 g/mol. The van der Waals surface area contributed by atoms with Crippen LogP contribution in [0.25, 0.3) is 0 Å². The highest BCUT2D eigenvalue weighted by atomic mass is 19.4. The van der Waals surface area contributed by atoms with Gasteiger partial charge in [-0.25, -0.2) is 0 Å². The van der Waals surface area contributed by atoms with Crippen LogP contribution in [-0.4, -0.2) is 57.7 Å². The SMILES string of the molecule is COCC(=O)N1Cc2c(O)c(C(=O)NCC(=O)O)c(=O)n(Cc3ccc(C(F)(F)F)cc3)c2C1. The summed E-state index contributed by atoms with van der Waals surface area (Å²) in [6.07, 6.45) is -4.55. The minimum atomic E-state index is -4.55. The molecular formula is C21H20F3N3O7. The number of hydrogen-bond donors (Lipinski definition) is 3. The monoisotopic (exact) mass is 483 g/mol. The number of alkyl halides is 3. The highest BCUT2D eigenvalue weighted by Crippen LogP contribution is 2.33. The van der Waals surface area contributed by atoms with Crippen LogP contribution >= 0.6 is 0 Å². The number of aromatic hydroxyl groups is 1. The van der Waals surface area contributed by atoms with E-state index >= 15 is 0 Å². The summed E-state index contributed by atoms with van der Waals surface area (Å²) in [6, 6.07) is 4.02. The van der Waals surface area contributed by atoms with E-state index in [1.807, 2.05) is 5.32 Å². The Labute approximate surface area is 190 Å². The normalized spacial score (nSPS) is 13.0. The van der Waals surface area contributed by atoms with Crippen LogP contribution in [0.3, 0.4) is 0 Å². The maximum Gasteiger partial charge on any atom is 0.416 e. The number of rotatable bonds is 7. The zero-order valence-corrected chi connectivity index (χ0v) is 17.8. The number of aliphatic carboxylic acids is 1. The number of nitrogens with zero attached hydrogens (tertiary/aromatic N) is 2. The number of methoxy groups -OCH3 is 1. The third-order valence-electron chi connectivity index (χ3n) is 5.22. The lowest BCUT2D eigenvalue weighted by Crippen LogP contribution is -2.37. The first-order chi connectivity index (χ1) is 15.9. The molecule has 2 amide bonds. The number of fused-ring (bicyclic) bond motifs is 1. The van der Waals surface area contributed by atoms with Crippen molar-refractivity contribution >= 4 is 17.8 Å². The van der Waals surface area contributed by atoms with Crippen LogP contribution in [0.1, 0.15) is 32.7 Å². The van der Waals surface area contributed by atoms with Gasteiger partial charge in [0.25, 0.3) is 11.5 Å². The maximum atomic E-state index is 13.2. The number of benzene rings is 1. The molecule has 1 aliphatic heterocycles. The number of hydrogen-bond acceptors (Lipinski definition) is 6. The molecule has 0 saturated carbocycles. The van der Waals surface area contributed by atoms with Crippen LogP contribution in [0.5, 0.6) is 5.75 Å². The smallest absolute Gasteiger partial charge is 0.416 e. The highest BCUT2D eigenvalue weighted by Gasteiger charge is 2.34. The minimum absolute atomic E-state index is 0.0939. The number of nitrogens with one attached hydrogen (secondary N) is 1. The van der Waals surface area contributed by atoms with Gasteiger partial charge in [-0.3, -0.25) is 19.2 Å². The van der Waals surface area contributed by atoms with Crippen molar-refractivity contribution in [3.8, 4) is 5.75 Å². The van der Waals surface area contributed by atoms with Gasteiger partial charge in [-0.05, 0) is 17.7 Å². The summed E-state index contributed by atoms with van der Waals surface area (Å²) in [5.74, 6) is -3.67. The van der Waals surface area contributed by atoms with Gasteiger partial charge >= 0.3 is 12.1 Å². The second-order valence-electron chi connectivity index (χ2n) is 7.49. The van der Waals surface area contributed by atoms with Crippen molar-refractivity contribution in [3.63, 3.8) is 0 Å². The molecule has 0 spiro atoms. The average Bonchev–Trinajstić information content (AvgIpc) is 3.21. The summed E-state index contributed by atoms with van der Waals surface area (Å²) >= 11 is 0. The van der Waals surface area contributed by atoms with Gasteiger partial charge in [-0.1, -0.05) is 12.1 Å². The lowest BCUT2D eigenvalue weighted by atomic mass is 10.1. The zero-order valence-electron chi connectivity index (χ0n) is 17.8. The molecule has 0 unspecified atom stereocenters. The second-order valence-corrected chi connectivity index (χ2v) is 7.49. The molecule has 1 aliphatic rings. The molecule has 10 nitrogen and oxygen atoms in total. The third-order valence-corrected chi connectivity index (χ3v) is 5.22. The molecule has 2 aromatic rings. The molecule has 0 radical (unpaired) electrons. The average molecular weight is 483 g/mol. The minimum Gasteiger partial charge on any atom is -0.506 e. The van der Waals surface area contributed by atoms with Crippen molar-refractivity contribution in [3.05, 3.63) is 62.6 Å². The molecule has 1 aromatic carbocycles. The molecule has 0 atom stereocenters. The van der Waals surface area contributed by atoms with E-state index in [-0.39, 0.29) is 37.5 Å². The first kappa shape index (κ1) is 24.8. The Kier molecular flexibility index (Phi) is 6.96. The van der Waals surface area contributed by atoms with Crippen LogP contribution in [0, 0.1) is 0 Å². The van der Waals surface area contributed by atoms with E-state index in [1.54, 1.807) is 0 Å². The molecule has 0 fully saturated rings. The molecule has 3 N–H and O–H groups in total. The van der Waals surface area contributed by atoms with Gasteiger partial charge < -0.3 is 29.7 Å². The first-order valence-corrected chi connectivity index (χ1v) is 9.84. The fourth-order valence-corrected chi connectivity index (χ4v) is 3.57. The van der Waals surface area contributed by atoms with Crippen molar-refractivity contribution < 1.29 is 42.5 Å². The molecule has 182 valence electrons. The Bertz CT molecular complexity index is 1190. The number of aromatic nitrogens is 1. The summed E-state index contributed by atoms with van der Waals surface area (Å²) < 4.78 is 44.5. The lowest BCUT2D eigenvalue weighted by Gasteiger charge is -2.16. The number of amides is 2. The van der Waals surface area contributed by atoms with E-state index in [4.69, 9.17) is 9.84 Å². The Balaban J connectivity index is 2.07. The van der Waals surface area contributed by atoms with Crippen molar-refractivity contribution in [1.29, 1.82) is 0 Å².